The second-order valence-electron chi connectivity index (χ2n) is 8.68. The van der Waals surface area contributed by atoms with Crippen molar-refractivity contribution in [3.05, 3.63) is 29.3 Å². The minimum atomic E-state index is -0.385. The second-order valence-corrected chi connectivity index (χ2v) is 8.68. The van der Waals surface area contributed by atoms with E-state index < -0.39 is 0 Å². The summed E-state index contributed by atoms with van der Waals surface area (Å²) >= 11 is 0. The number of amides is 2. The SMILES string of the molecule is COc1ccc(C(C)C)cc1CC(=O)N1CCCN(C(=O)C(C)(C)C)CC1. The molecule has 5 nitrogen and oxygen atoms in total. The molecule has 1 aromatic rings. The summed E-state index contributed by atoms with van der Waals surface area (Å²) in [4.78, 5) is 29.2. The van der Waals surface area contributed by atoms with Crippen LogP contribution in [0.25, 0.3) is 0 Å². The molecule has 0 aliphatic carbocycles. The molecule has 1 aliphatic heterocycles. The van der Waals surface area contributed by atoms with E-state index in [9.17, 15) is 9.59 Å². The maximum absolute atomic E-state index is 12.9. The summed E-state index contributed by atoms with van der Waals surface area (Å²) < 4.78 is 5.46. The predicted octanol–water partition coefficient (Wildman–Crippen LogP) is 3.47. The smallest absolute Gasteiger partial charge is 0.228 e. The Bertz CT molecular complexity index is 677. The average molecular weight is 375 g/mol. The molecule has 0 spiro atoms. The lowest BCUT2D eigenvalue weighted by atomic mass is 9.94. The highest BCUT2D eigenvalue weighted by Gasteiger charge is 2.29. The number of carbonyl (C=O) groups is 2. The van der Waals surface area contributed by atoms with E-state index in [1.807, 2.05) is 36.6 Å². The Labute approximate surface area is 163 Å². The van der Waals surface area contributed by atoms with E-state index in [2.05, 4.69) is 26.0 Å². The fourth-order valence-corrected chi connectivity index (χ4v) is 3.41. The van der Waals surface area contributed by atoms with Gasteiger partial charge in [0.2, 0.25) is 11.8 Å². The van der Waals surface area contributed by atoms with Gasteiger partial charge in [0.05, 0.1) is 13.5 Å². The van der Waals surface area contributed by atoms with Gasteiger partial charge in [-0.1, -0.05) is 46.8 Å². The Morgan fingerprint density at radius 1 is 1.07 bits per heavy atom. The number of rotatable bonds is 4. The summed E-state index contributed by atoms with van der Waals surface area (Å²) in [5.41, 5.74) is 1.75. The zero-order chi connectivity index (χ0) is 20.2. The van der Waals surface area contributed by atoms with Gasteiger partial charge in [-0.15, -0.1) is 0 Å². The Morgan fingerprint density at radius 3 is 2.30 bits per heavy atom. The molecular formula is C22H34N2O3. The third kappa shape index (κ3) is 5.47. The van der Waals surface area contributed by atoms with Crippen LogP contribution in [0, 0.1) is 5.41 Å². The van der Waals surface area contributed by atoms with Gasteiger partial charge in [0.25, 0.3) is 0 Å². The van der Waals surface area contributed by atoms with Gasteiger partial charge >= 0.3 is 0 Å². The highest BCUT2D eigenvalue weighted by atomic mass is 16.5. The van der Waals surface area contributed by atoms with Gasteiger partial charge in [-0.2, -0.15) is 0 Å². The van der Waals surface area contributed by atoms with Crippen molar-refractivity contribution in [1.29, 1.82) is 0 Å². The first-order chi connectivity index (χ1) is 12.6. The third-order valence-corrected chi connectivity index (χ3v) is 5.09. The Hall–Kier alpha value is -2.04. The van der Waals surface area contributed by atoms with Crippen LogP contribution in [0.15, 0.2) is 18.2 Å². The van der Waals surface area contributed by atoms with Crippen LogP contribution in [0.2, 0.25) is 0 Å². The molecular weight excluding hydrogens is 340 g/mol. The minimum Gasteiger partial charge on any atom is -0.496 e. The number of carbonyl (C=O) groups excluding carboxylic acids is 2. The lowest BCUT2D eigenvalue weighted by Gasteiger charge is -2.28. The van der Waals surface area contributed by atoms with Gasteiger partial charge in [0.1, 0.15) is 5.75 Å². The van der Waals surface area contributed by atoms with Crippen molar-refractivity contribution in [2.75, 3.05) is 33.3 Å². The molecule has 0 bridgehead atoms. The van der Waals surface area contributed by atoms with Gasteiger partial charge < -0.3 is 14.5 Å². The molecule has 0 N–H and O–H groups in total. The molecule has 27 heavy (non-hydrogen) atoms. The third-order valence-electron chi connectivity index (χ3n) is 5.09. The molecule has 1 fully saturated rings. The first-order valence-corrected chi connectivity index (χ1v) is 9.87. The maximum atomic E-state index is 12.9. The fraction of sp³-hybridized carbons (Fsp3) is 0.636. The maximum Gasteiger partial charge on any atom is 0.228 e. The molecule has 0 unspecified atom stereocenters. The molecule has 1 heterocycles. The van der Waals surface area contributed by atoms with Crippen molar-refractivity contribution in [3.63, 3.8) is 0 Å². The number of benzene rings is 1. The van der Waals surface area contributed by atoms with Crippen LogP contribution in [-0.4, -0.2) is 54.9 Å². The summed E-state index contributed by atoms with van der Waals surface area (Å²) in [6.07, 6.45) is 1.15. The molecule has 5 heteroatoms. The van der Waals surface area contributed by atoms with Crippen molar-refractivity contribution in [2.24, 2.45) is 5.41 Å². The van der Waals surface area contributed by atoms with Crippen LogP contribution in [0.1, 0.15) is 58.1 Å². The normalized spacial score (nSPS) is 15.7. The van der Waals surface area contributed by atoms with Gasteiger partial charge in [-0.25, -0.2) is 0 Å². The largest absolute Gasteiger partial charge is 0.496 e. The van der Waals surface area contributed by atoms with Gasteiger partial charge in [-0.3, -0.25) is 9.59 Å². The molecule has 1 aliphatic rings. The van der Waals surface area contributed by atoms with Crippen LogP contribution >= 0.6 is 0 Å². The van der Waals surface area contributed by atoms with Crippen LogP contribution in [-0.2, 0) is 16.0 Å². The van der Waals surface area contributed by atoms with E-state index in [1.54, 1.807) is 7.11 Å². The quantitative estimate of drug-likeness (QED) is 0.811. The van der Waals surface area contributed by atoms with E-state index in [4.69, 9.17) is 4.74 Å². The van der Waals surface area contributed by atoms with Crippen molar-refractivity contribution in [1.82, 2.24) is 9.80 Å². The summed E-state index contributed by atoms with van der Waals surface area (Å²) in [6.45, 7) is 12.7. The standard InChI is InChI=1S/C22H34N2O3/c1-16(2)17-8-9-19(27-6)18(14-17)15-20(25)23-10-7-11-24(13-12-23)21(26)22(3,4)5/h8-9,14,16H,7,10-13,15H2,1-6H3. The van der Waals surface area contributed by atoms with Crippen LogP contribution < -0.4 is 4.74 Å². The van der Waals surface area contributed by atoms with Crippen molar-refractivity contribution >= 4 is 11.8 Å². The van der Waals surface area contributed by atoms with E-state index in [-0.39, 0.29) is 17.2 Å². The molecule has 1 aromatic carbocycles. The molecule has 2 rings (SSSR count). The Kier molecular flexibility index (Phi) is 6.90. The van der Waals surface area contributed by atoms with E-state index in [0.29, 0.717) is 38.5 Å². The van der Waals surface area contributed by atoms with Gasteiger partial charge in [0, 0.05) is 37.2 Å². The van der Waals surface area contributed by atoms with Gasteiger partial charge in [0.15, 0.2) is 0 Å². The lowest BCUT2D eigenvalue weighted by molar-refractivity contribution is -0.139. The summed E-state index contributed by atoms with van der Waals surface area (Å²) in [6, 6.07) is 6.08. The first kappa shape index (κ1) is 21.3. The molecule has 2 amide bonds. The first-order valence-electron chi connectivity index (χ1n) is 9.87. The molecule has 1 saturated heterocycles. The predicted molar refractivity (Wildman–Crippen MR) is 108 cm³/mol. The molecule has 0 atom stereocenters. The number of ether oxygens (including phenoxy) is 1. The number of hydrogen-bond acceptors (Lipinski definition) is 3. The molecule has 0 radical (unpaired) electrons. The van der Waals surface area contributed by atoms with E-state index in [1.165, 1.54) is 5.56 Å². The average Bonchev–Trinajstić information content (AvgIpc) is 2.86. The lowest BCUT2D eigenvalue weighted by Crippen LogP contribution is -2.42. The summed E-state index contributed by atoms with van der Waals surface area (Å²) in [5.74, 6) is 1.41. The molecule has 0 saturated carbocycles. The van der Waals surface area contributed by atoms with Gasteiger partial charge in [-0.05, 0) is 24.0 Å². The van der Waals surface area contributed by atoms with Crippen LogP contribution in [0.5, 0.6) is 5.75 Å². The van der Waals surface area contributed by atoms with E-state index >= 15 is 0 Å². The summed E-state index contributed by atoms with van der Waals surface area (Å²) in [7, 11) is 1.64. The molecule has 150 valence electrons. The van der Waals surface area contributed by atoms with Crippen molar-refractivity contribution < 1.29 is 14.3 Å². The Morgan fingerprint density at radius 2 is 1.70 bits per heavy atom. The second kappa shape index (κ2) is 8.77. The zero-order valence-corrected chi connectivity index (χ0v) is 17.7. The number of hydrogen-bond donors (Lipinski definition) is 0. The topological polar surface area (TPSA) is 49.9 Å². The monoisotopic (exact) mass is 374 g/mol. The van der Waals surface area contributed by atoms with Crippen molar-refractivity contribution in [3.8, 4) is 5.75 Å². The zero-order valence-electron chi connectivity index (χ0n) is 17.7. The summed E-state index contributed by atoms with van der Waals surface area (Å²) in [5, 5.41) is 0. The number of methoxy groups -OCH3 is 1. The Balaban J connectivity index is 2.06. The fourth-order valence-electron chi connectivity index (χ4n) is 3.41. The van der Waals surface area contributed by atoms with Crippen molar-refractivity contribution in [2.45, 2.75) is 53.4 Å². The van der Waals surface area contributed by atoms with Crippen LogP contribution in [0.4, 0.5) is 0 Å². The highest BCUT2D eigenvalue weighted by molar-refractivity contribution is 5.82. The number of nitrogens with zero attached hydrogens (tertiary/aromatic N) is 2. The highest BCUT2D eigenvalue weighted by Crippen LogP contribution is 2.25. The minimum absolute atomic E-state index is 0.0965. The van der Waals surface area contributed by atoms with E-state index in [0.717, 1.165) is 17.7 Å². The molecule has 0 aromatic heterocycles. The van der Waals surface area contributed by atoms with Crippen LogP contribution in [0.3, 0.4) is 0 Å².